The highest BCUT2D eigenvalue weighted by Gasteiger charge is 2.23. The Hall–Kier alpha value is -2.14. The summed E-state index contributed by atoms with van der Waals surface area (Å²) >= 11 is 6.27. The van der Waals surface area contributed by atoms with Crippen LogP contribution in [0, 0.1) is 0 Å². The lowest BCUT2D eigenvalue weighted by Gasteiger charge is -2.21. The summed E-state index contributed by atoms with van der Waals surface area (Å²) in [7, 11) is 0. The fraction of sp³-hybridized carbons (Fsp3) is 0.421. The van der Waals surface area contributed by atoms with E-state index < -0.39 is 0 Å². The van der Waals surface area contributed by atoms with Crippen LogP contribution in [0.5, 0.6) is 0 Å². The minimum absolute atomic E-state index is 0.147. The van der Waals surface area contributed by atoms with Crippen molar-refractivity contribution in [2.75, 3.05) is 0 Å². The lowest BCUT2D eigenvalue weighted by Crippen LogP contribution is -2.31. The van der Waals surface area contributed by atoms with Crippen LogP contribution in [0.2, 0.25) is 5.02 Å². The third-order valence-corrected chi connectivity index (χ3v) is 4.54. The molecule has 0 aliphatic rings. The summed E-state index contributed by atoms with van der Waals surface area (Å²) in [6.07, 6.45) is 1.75. The molecule has 132 valence electrons. The molecule has 2 aromatic heterocycles. The number of fused-ring (bicyclic) bond motifs is 1. The molecule has 0 saturated carbocycles. The molecule has 0 aliphatic carbocycles. The van der Waals surface area contributed by atoms with Gasteiger partial charge in [0.25, 0.3) is 5.56 Å². The highest BCUT2D eigenvalue weighted by molar-refractivity contribution is 6.31. The summed E-state index contributed by atoms with van der Waals surface area (Å²) in [6.45, 7) is 10.6. The van der Waals surface area contributed by atoms with Gasteiger partial charge in [-0.25, -0.2) is 4.68 Å². The average Bonchev–Trinajstić information content (AvgIpc) is 2.97. The predicted octanol–water partition coefficient (Wildman–Crippen LogP) is 4.17. The molecule has 3 aromatic rings. The molecule has 0 amide bonds. The third kappa shape index (κ3) is 3.21. The van der Waals surface area contributed by atoms with E-state index in [0.717, 1.165) is 16.6 Å². The number of benzene rings is 1. The lowest BCUT2D eigenvalue weighted by molar-refractivity contribution is 0.366. The molecule has 0 spiro atoms. The molecule has 0 bridgehead atoms. The van der Waals surface area contributed by atoms with E-state index >= 15 is 0 Å². The zero-order valence-corrected chi connectivity index (χ0v) is 16.0. The van der Waals surface area contributed by atoms with Crippen molar-refractivity contribution in [1.29, 1.82) is 0 Å². The molecule has 0 N–H and O–H groups in total. The summed E-state index contributed by atoms with van der Waals surface area (Å²) in [5, 5.41) is 10.6. The Bertz CT molecular complexity index is 979. The molecule has 6 heteroatoms. The number of aromatic nitrogens is 4. The van der Waals surface area contributed by atoms with Crippen molar-refractivity contribution in [3.63, 3.8) is 0 Å². The summed E-state index contributed by atoms with van der Waals surface area (Å²) in [5.74, 6) is 0.179. The van der Waals surface area contributed by atoms with Crippen molar-refractivity contribution >= 4 is 22.5 Å². The molecule has 0 aliphatic heterocycles. The van der Waals surface area contributed by atoms with Crippen LogP contribution >= 0.6 is 11.6 Å². The normalized spacial score (nSPS) is 12.3. The predicted molar refractivity (Wildman–Crippen MR) is 101 cm³/mol. The Labute approximate surface area is 152 Å². The lowest BCUT2D eigenvalue weighted by atomic mass is 10.1. The highest BCUT2D eigenvalue weighted by Crippen LogP contribution is 2.25. The Morgan fingerprint density at radius 1 is 1.20 bits per heavy atom. The summed E-state index contributed by atoms with van der Waals surface area (Å²) < 4.78 is 3.30. The first-order chi connectivity index (χ1) is 11.7. The minimum atomic E-state index is -0.293. The largest absolute Gasteiger partial charge is 0.293 e. The van der Waals surface area contributed by atoms with Crippen LogP contribution in [0.1, 0.15) is 51.8 Å². The van der Waals surface area contributed by atoms with Gasteiger partial charge in [0.2, 0.25) is 0 Å². The highest BCUT2D eigenvalue weighted by atomic mass is 35.5. The topological polar surface area (TPSA) is 52.7 Å². The Balaban J connectivity index is 2.28. The fourth-order valence-corrected chi connectivity index (χ4v) is 3.12. The first kappa shape index (κ1) is 17.7. The zero-order valence-electron chi connectivity index (χ0n) is 15.2. The maximum absolute atomic E-state index is 13.1. The monoisotopic (exact) mass is 358 g/mol. The van der Waals surface area contributed by atoms with Crippen molar-refractivity contribution in [3.8, 4) is 0 Å². The van der Waals surface area contributed by atoms with E-state index in [9.17, 15) is 4.79 Å². The molecule has 3 rings (SSSR count). The first-order valence-electron chi connectivity index (χ1n) is 8.42. The first-order valence-corrected chi connectivity index (χ1v) is 8.80. The maximum Gasteiger partial charge on any atom is 0.293 e. The van der Waals surface area contributed by atoms with Crippen LogP contribution in [0.3, 0.4) is 0 Å². The quantitative estimate of drug-likeness (QED) is 0.706. The second kappa shape index (κ2) is 6.30. The van der Waals surface area contributed by atoms with E-state index in [-0.39, 0.29) is 17.0 Å². The van der Waals surface area contributed by atoms with Crippen LogP contribution in [-0.4, -0.2) is 19.6 Å². The third-order valence-electron chi connectivity index (χ3n) is 4.17. The molecule has 2 heterocycles. The molecule has 25 heavy (non-hydrogen) atoms. The zero-order chi connectivity index (χ0) is 18.4. The molecule has 0 unspecified atom stereocenters. The molecule has 0 fully saturated rings. The van der Waals surface area contributed by atoms with Gasteiger partial charge >= 0.3 is 0 Å². The van der Waals surface area contributed by atoms with Gasteiger partial charge in [0.05, 0.1) is 24.0 Å². The van der Waals surface area contributed by atoms with Crippen molar-refractivity contribution in [2.45, 2.75) is 52.6 Å². The van der Waals surface area contributed by atoms with Gasteiger partial charge < -0.3 is 0 Å². The number of halogens is 1. The molecule has 5 nitrogen and oxygen atoms in total. The number of hydrogen-bond acceptors (Lipinski definition) is 3. The van der Waals surface area contributed by atoms with Gasteiger partial charge in [-0.15, -0.1) is 0 Å². The van der Waals surface area contributed by atoms with Gasteiger partial charge in [-0.2, -0.15) is 10.2 Å². The molecular formula is C19H23ClN4O. The van der Waals surface area contributed by atoms with Crippen LogP contribution in [-0.2, 0) is 12.1 Å². The van der Waals surface area contributed by atoms with Gasteiger partial charge in [0.15, 0.2) is 0 Å². The van der Waals surface area contributed by atoms with E-state index in [0.29, 0.717) is 17.1 Å². The van der Waals surface area contributed by atoms with Crippen LogP contribution in [0.4, 0.5) is 0 Å². The molecule has 0 saturated heterocycles. The van der Waals surface area contributed by atoms with Crippen LogP contribution in [0.25, 0.3) is 10.9 Å². The minimum Gasteiger partial charge on any atom is -0.265 e. The second-order valence-corrected chi connectivity index (χ2v) is 7.99. The average molecular weight is 359 g/mol. The summed E-state index contributed by atoms with van der Waals surface area (Å²) in [5.41, 5.74) is 1.90. The van der Waals surface area contributed by atoms with Crippen molar-refractivity contribution in [3.05, 3.63) is 57.1 Å². The van der Waals surface area contributed by atoms with Crippen LogP contribution in [0.15, 0.2) is 35.3 Å². The molecular weight excluding hydrogens is 336 g/mol. The molecule has 0 radical (unpaired) electrons. The number of rotatable bonds is 3. The van der Waals surface area contributed by atoms with E-state index in [4.69, 9.17) is 11.6 Å². The smallest absolute Gasteiger partial charge is 0.265 e. The maximum atomic E-state index is 13.1. The Kier molecular flexibility index (Phi) is 4.45. The standard InChI is InChI=1S/C19H23ClN4O/c1-12(2)16-14-10-21-24(19(3,4)5)17(14)18(25)23(22-16)11-13-8-6-7-9-15(13)20/h6-10,12H,11H2,1-5H3. The Morgan fingerprint density at radius 2 is 1.88 bits per heavy atom. The fourth-order valence-electron chi connectivity index (χ4n) is 2.92. The van der Waals surface area contributed by atoms with Gasteiger partial charge in [-0.3, -0.25) is 9.48 Å². The van der Waals surface area contributed by atoms with E-state index in [1.807, 2.05) is 45.0 Å². The van der Waals surface area contributed by atoms with Crippen molar-refractivity contribution in [1.82, 2.24) is 19.6 Å². The van der Waals surface area contributed by atoms with Crippen LogP contribution < -0.4 is 5.56 Å². The molecule has 1 aromatic carbocycles. The summed E-state index contributed by atoms with van der Waals surface area (Å²) in [4.78, 5) is 13.1. The van der Waals surface area contributed by atoms with Crippen molar-refractivity contribution < 1.29 is 0 Å². The van der Waals surface area contributed by atoms with Gasteiger partial charge in [-0.05, 0) is 38.3 Å². The van der Waals surface area contributed by atoms with Crippen molar-refractivity contribution in [2.24, 2.45) is 0 Å². The van der Waals surface area contributed by atoms with E-state index in [2.05, 4.69) is 24.0 Å². The van der Waals surface area contributed by atoms with Gasteiger partial charge in [0, 0.05) is 10.4 Å². The van der Waals surface area contributed by atoms with E-state index in [1.54, 1.807) is 10.9 Å². The van der Waals surface area contributed by atoms with E-state index in [1.165, 1.54) is 4.68 Å². The second-order valence-electron chi connectivity index (χ2n) is 7.58. The van der Waals surface area contributed by atoms with Gasteiger partial charge in [0.1, 0.15) is 5.52 Å². The Morgan fingerprint density at radius 3 is 2.48 bits per heavy atom. The summed E-state index contributed by atoms with van der Waals surface area (Å²) in [6, 6.07) is 7.52. The number of hydrogen-bond donors (Lipinski definition) is 0. The van der Waals surface area contributed by atoms with Gasteiger partial charge in [-0.1, -0.05) is 43.6 Å². The molecule has 0 atom stereocenters. The number of nitrogens with zero attached hydrogens (tertiary/aromatic N) is 4. The SMILES string of the molecule is CC(C)c1nn(Cc2ccccc2Cl)c(=O)c2c1cnn2C(C)(C)C.